The molecule has 0 aliphatic carbocycles. The molecule has 1 aromatic carbocycles. The third-order valence-corrected chi connectivity index (χ3v) is 6.03. The quantitative estimate of drug-likeness (QED) is 0.716. The van der Waals surface area contributed by atoms with E-state index >= 15 is 0 Å². The molecule has 0 heterocycles. The number of benzene rings is 1. The SMILES string of the molecule is COC(=O)CC(C)SCCS(=O)(=O)c1ccc(Cl)cc1. The first kappa shape index (κ1) is 17.3. The number of carbonyl (C=O) groups excluding carboxylic acids is 1. The Morgan fingerprint density at radius 1 is 1.35 bits per heavy atom. The van der Waals surface area contributed by atoms with Gasteiger partial charge in [-0.1, -0.05) is 18.5 Å². The van der Waals surface area contributed by atoms with Gasteiger partial charge >= 0.3 is 5.97 Å². The van der Waals surface area contributed by atoms with Crippen LogP contribution in [0, 0.1) is 0 Å². The van der Waals surface area contributed by atoms with E-state index in [-0.39, 0.29) is 28.3 Å². The number of hydrogen-bond donors (Lipinski definition) is 0. The third kappa shape index (κ3) is 5.73. The van der Waals surface area contributed by atoms with E-state index in [0.717, 1.165) is 0 Å². The summed E-state index contributed by atoms with van der Waals surface area (Å²) in [5.41, 5.74) is 0. The second kappa shape index (κ2) is 7.90. The molecule has 0 aromatic heterocycles. The Kier molecular flexibility index (Phi) is 6.85. The fraction of sp³-hybridized carbons (Fsp3) is 0.462. The summed E-state index contributed by atoms with van der Waals surface area (Å²) in [4.78, 5) is 11.3. The number of methoxy groups -OCH3 is 1. The van der Waals surface area contributed by atoms with Gasteiger partial charge in [-0.25, -0.2) is 8.42 Å². The fourth-order valence-electron chi connectivity index (χ4n) is 1.50. The Bertz CT molecular complexity index is 540. The predicted molar refractivity (Wildman–Crippen MR) is 82.1 cm³/mol. The van der Waals surface area contributed by atoms with Gasteiger partial charge in [0.05, 0.1) is 24.2 Å². The fourth-order valence-corrected chi connectivity index (χ4v) is 4.33. The van der Waals surface area contributed by atoms with Gasteiger partial charge in [-0.15, -0.1) is 0 Å². The summed E-state index contributed by atoms with van der Waals surface area (Å²) >= 11 is 7.17. The molecule has 0 saturated carbocycles. The maximum atomic E-state index is 12.1. The van der Waals surface area contributed by atoms with Gasteiger partial charge in [0, 0.05) is 16.0 Å². The van der Waals surface area contributed by atoms with Crippen molar-refractivity contribution in [2.24, 2.45) is 0 Å². The maximum absolute atomic E-state index is 12.1. The number of hydrogen-bond acceptors (Lipinski definition) is 5. The van der Waals surface area contributed by atoms with Crippen molar-refractivity contribution in [2.45, 2.75) is 23.5 Å². The number of rotatable bonds is 7. The average molecular weight is 337 g/mol. The first-order valence-electron chi connectivity index (χ1n) is 6.02. The van der Waals surface area contributed by atoms with Crippen LogP contribution in [0.25, 0.3) is 0 Å². The molecule has 112 valence electrons. The second-order valence-electron chi connectivity index (χ2n) is 4.23. The monoisotopic (exact) mass is 336 g/mol. The van der Waals surface area contributed by atoms with E-state index in [1.54, 1.807) is 12.1 Å². The van der Waals surface area contributed by atoms with E-state index < -0.39 is 9.84 Å². The van der Waals surface area contributed by atoms with E-state index in [0.29, 0.717) is 10.8 Å². The first-order chi connectivity index (χ1) is 9.35. The van der Waals surface area contributed by atoms with Gasteiger partial charge in [0.25, 0.3) is 0 Å². The minimum absolute atomic E-state index is 0.0304. The van der Waals surface area contributed by atoms with Crippen LogP contribution in [0.1, 0.15) is 13.3 Å². The van der Waals surface area contributed by atoms with Crippen LogP contribution < -0.4 is 0 Å². The highest BCUT2D eigenvalue weighted by Gasteiger charge is 2.16. The molecule has 0 radical (unpaired) electrons. The highest BCUT2D eigenvalue weighted by atomic mass is 35.5. The van der Waals surface area contributed by atoms with Crippen molar-refractivity contribution < 1.29 is 17.9 Å². The van der Waals surface area contributed by atoms with Crippen molar-refractivity contribution >= 4 is 39.2 Å². The van der Waals surface area contributed by atoms with Crippen LogP contribution in [0.2, 0.25) is 5.02 Å². The molecule has 1 unspecified atom stereocenters. The molecule has 20 heavy (non-hydrogen) atoms. The number of sulfone groups is 1. The highest BCUT2D eigenvalue weighted by Crippen LogP contribution is 2.19. The zero-order chi connectivity index (χ0) is 15.2. The molecule has 0 bridgehead atoms. The van der Waals surface area contributed by atoms with Crippen molar-refractivity contribution in [2.75, 3.05) is 18.6 Å². The normalized spacial score (nSPS) is 12.9. The summed E-state index contributed by atoms with van der Waals surface area (Å²) in [5, 5.41) is 0.535. The van der Waals surface area contributed by atoms with E-state index in [4.69, 9.17) is 11.6 Å². The Morgan fingerprint density at radius 2 is 1.95 bits per heavy atom. The van der Waals surface area contributed by atoms with Crippen LogP contribution in [0.5, 0.6) is 0 Å². The zero-order valence-electron chi connectivity index (χ0n) is 11.3. The van der Waals surface area contributed by atoms with Crippen molar-refractivity contribution in [1.82, 2.24) is 0 Å². The molecule has 1 atom stereocenters. The molecule has 4 nitrogen and oxygen atoms in total. The summed E-state index contributed by atoms with van der Waals surface area (Å²) < 4.78 is 28.7. The minimum atomic E-state index is -3.30. The standard InChI is InChI=1S/C13H17ClO4S2/c1-10(9-13(15)18-2)19-7-8-20(16,17)12-5-3-11(14)4-6-12/h3-6,10H,7-9H2,1-2H3. The Balaban J connectivity index is 2.48. The Labute approximate surface area is 128 Å². The van der Waals surface area contributed by atoms with Gasteiger partial charge in [-0.05, 0) is 24.3 Å². The first-order valence-corrected chi connectivity index (χ1v) is 9.10. The molecule has 1 rings (SSSR count). The number of carbonyl (C=O) groups is 1. The van der Waals surface area contributed by atoms with Crippen LogP contribution in [0.4, 0.5) is 0 Å². The third-order valence-electron chi connectivity index (χ3n) is 2.61. The van der Waals surface area contributed by atoms with Crippen LogP contribution in [-0.4, -0.2) is 38.3 Å². The zero-order valence-corrected chi connectivity index (χ0v) is 13.7. The van der Waals surface area contributed by atoms with E-state index in [1.165, 1.54) is 31.0 Å². The van der Waals surface area contributed by atoms with Crippen LogP contribution in [-0.2, 0) is 19.4 Å². The van der Waals surface area contributed by atoms with Crippen molar-refractivity contribution in [3.05, 3.63) is 29.3 Å². The topological polar surface area (TPSA) is 60.4 Å². The van der Waals surface area contributed by atoms with Crippen LogP contribution in [0.15, 0.2) is 29.2 Å². The molecule has 0 spiro atoms. The maximum Gasteiger partial charge on any atom is 0.306 e. The van der Waals surface area contributed by atoms with Crippen LogP contribution >= 0.6 is 23.4 Å². The molecule has 0 amide bonds. The lowest BCUT2D eigenvalue weighted by Crippen LogP contribution is -2.13. The van der Waals surface area contributed by atoms with Gasteiger partial charge < -0.3 is 4.74 Å². The van der Waals surface area contributed by atoms with E-state index in [9.17, 15) is 13.2 Å². The summed E-state index contributed by atoms with van der Waals surface area (Å²) in [6, 6.07) is 6.11. The van der Waals surface area contributed by atoms with Gasteiger partial charge in [-0.2, -0.15) is 11.8 Å². The molecule has 0 aliphatic rings. The van der Waals surface area contributed by atoms with Gasteiger partial charge in [0.2, 0.25) is 0 Å². The Morgan fingerprint density at radius 3 is 2.50 bits per heavy atom. The average Bonchev–Trinajstić information content (AvgIpc) is 2.38. The molecule has 7 heteroatoms. The van der Waals surface area contributed by atoms with Crippen molar-refractivity contribution in [1.29, 1.82) is 0 Å². The van der Waals surface area contributed by atoms with Crippen molar-refractivity contribution in [3.63, 3.8) is 0 Å². The predicted octanol–water partition coefficient (Wildman–Crippen LogP) is 2.80. The number of esters is 1. The molecule has 0 N–H and O–H groups in total. The van der Waals surface area contributed by atoms with Gasteiger partial charge in [0.1, 0.15) is 0 Å². The van der Waals surface area contributed by atoms with E-state index in [2.05, 4.69) is 4.74 Å². The molecule has 0 saturated heterocycles. The summed E-state index contributed by atoms with van der Waals surface area (Å²) in [5.74, 6) is 0.180. The number of halogens is 1. The highest BCUT2D eigenvalue weighted by molar-refractivity contribution is 8.01. The lowest BCUT2D eigenvalue weighted by atomic mass is 10.3. The molecular formula is C13H17ClO4S2. The van der Waals surface area contributed by atoms with Crippen molar-refractivity contribution in [3.8, 4) is 0 Å². The second-order valence-corrected chi connectivity index (χ2v) is 8.33. The van der Waals surface area contributed by atoms with Crippen LogP contribution in [0.3, 0.4) is 0 Å². The lowest BCUT2D eigenvalue weighted by Gasteiger charge is -2.10. The largest absolute Gasteiger partial charge is 0.469 e. The van der Waals surface area contributed by atoms with Gasteiger partial charge in [-0.3, -0.25) is 4.79 Å². The summed E-state index contributed by atoms with van der Waals surface area (Å²) in [6.07, 6.45) is 0.280. The Hall–Kier alpha value is -0.720. The summed E-state index contributed by atoms with van der Waals surface area (Å²) in [7, 11) is -1.96. The van der Waals surface area contributed by atoms with Gasteiger partial charge in [0.15, 0.2) is 9.84 Å². The smallest absolute Gasteiger partial charge is 0.306 e. The molecular weight excluding hydrogens is 320 g/mol. The lowest BCUT2D eigenvalue weighted by molar-refractivity contribution is -0.140. The number of thioether (sulfide) groups is 1. The summed E-state index contributed by atoms with van der Waals surface area (Å²) in [6.45, 7) is 1.87. The minimum Gasteiger partial charge on any atom is -0.469 e. The van der Waals surface area contributed by atoms with E-state index in [1.807, 2.05) is 6.92 Å². The number of ether oxygens (including phenoxy) is 1. The molecule has 0 fully saturated rings. The molecule has 0 aliphatic heterocycles. The molecule has 1 aromatic rings.